The molecule has 0 radical (unpaired) electrons. The minimum Gasteiger partial charge on any atom is -0.326 e. The van der Waals surface area contributed by atoms with E-state index >= 15 is 0 Å². The molecule has 1 saturated heterocycles. The molecule has 0 amide bonds. The number of hydrogen-bond donors (Lipinski definition) is 2. The molecular weight excluding hydrogens is 375 g/mol. The topological polar surface area (TPSA) is 41.3 Å². The molecule has 4 unspecified atom stereocenters. The zero-order valence-corrected chi connectivity index (χ0v) is 16.7. The Morgan fingerprint density at radius 2 is 2.10 bits per heavy atom. The highest BCUT2D eigenvalue weighted by Crippen LogP contribution is 2.39. The van der Waals surface area contributed by atoms with Gasteiger partial charge in [-0.1, -0.05) is 30.4 Å². The molecule has 1 aliphatic heterocycles. The second-order valence-corrected chi connectivity index (χ2v) is 8.73. The van der Waals surface area contributed by atoms with Gasteiger partial charge >= 0.3 is 6.18 Å². The first kappa shape index (κ1) is 20.6. The van der Waals surface area contributed by atoms with Crippen molar-refractivity contribution in [2.45, 2.75) is 43.9 Å². The smallest absolute Gasteiger partial charge is 0.326 e. The standard InChI is InChI=1S/C23H30F3N3/c24-23(25,26)20-3-1-2-18(13-20)17-6-4-16(5-7-17)12-19-14-22(19)28-9-11-29-10-8-21(27)15-29/h1-4,6-7,13,16,19,21-22,28H,5,8-12,14-15,27H2. The summed E-state index contributed by atoms with van der Waals surface area (Å²) in [5, 5.41) is 3.66. The van der Waals surface area contributed by atoms with Crippen molar-refractivity contribution in [3.8, 4) is 0 Å². The number of rotatable bonds is 7. The first-order chi connectivity index (χ1) is 13.9. The average Bonchev–Trinajstić information content (AvgIpc) is 3.29. The molecule has 3 N–H and O–H groups in total. The third kappa shape index (κ3) is 5.50. The highest BCUT2D eigenvalue weighted by Gasteiger charge is 2.37. The van der Waals surface area contributed by atoms with Crippen molar-refractivity contribution in [3.63, 3.8) is 0 Å². The van der Waals surface area contributed by atoms with Gasteiger partial charge < -0.3 is 16.0 Å². The summed E-state index contributed by atoms with van der Waals surface area (Å²) in [5.41, 5.74) is 6.89. The van der Waals surface area contributed by atoms with Crippen LogP contribution in [0.25, 0.3) is 5.57 Å². The normalized spacial score (nSPS) is 29.9. The molecule has 1 saturated carbocycles. The van der Waals surface area contributed by atoms with Crippen LogP contribution in [0.5, 0.6) is 0 Å². The third-order valence-corrected chi connectivity index (χ3v) is 6.38. The lowest BCUT2D eigenvalue weighted by atomic mass is 9.89. The van der Waals surface area contributed by atoms with Crippen LogP contribution in [0.15, 0.2) is 42.5 Å². The van der Waals surface area contributed by atoms with E-state index in [1.807, 2.05) is 6.08 Å². The zero-order valence-electron chi connectivity index (χ0n) is 16.7. The summed E-state index contributed by atoms with van der Waals surface area (Å²) in [6.07, 6.45) is 6.34. The molecule has 0 spiro atoms. The van der Waals surface area contributed by atoms with Crippen LogP contribution in [-0.4, -0.2) is 43.2 Å². The highest BCUT2D eigenvalue weighted by atomic mass is 19.4. The van der Waals surface area contributed by atoms with Crippen LogP contribution < -0.4 is 11.1 Å². The number of nitrogens with two attached hydrogens (primary N) is 1. The molecule has 1 heterocycles. The molecule has 6 heteroatoms. The Morgan fingerprint density at radius 1 is 1.24 bits per heavy atom. The summed E-state index contributed by atoms with van der Waals surface area (Å²) < 4.78 is 38.8. The Kier molecular flexibility index (Phi) is 6.13. The van der Waals surface area contributed by atoms with Gasteiger partial charge in [-0.25, -0.2) is 0 Å². The summed E-state index contributed by atoms with van der Waals surface area (Å²) in [6.45, 7) is 4.23. The molecule has 0 bridgehead atoms. The molecule has 4 atom stereocenters. The number of nitrogens with zero attached hydrogens (tertiary/aromatic N) is 1. The SMILES string of the molecule is NC1CCN(CCNC2CC2CC2C=CC(c3cccc(C(F)(F)F)c3)=CC2)C1. The Morgan fingerprint density at radius 3 is 2.79 bits per heavy atom. The molecule has 0 aromatic heterocycles. The fourth-order valence-corrected chi connectivity index (χ4v) is 4.55. The van der Waals surface area contributed by atoms with Crippen LogP contribution in [0, 0.1) is 11.8 Å². The van der Waals surface area contributed by atoms with Crippen LogP contribution >= 0.6 is 0 Å². The van der Waals surface area contributed by atoms with Gasteiger partial charge in [0.25, 0.3) is 0 Å². The van der Waals surface area contributed by atoms with Gasteiger partial charge in [-0.2, -0.15) is 13.2 Å². The summed E-state index contributed by atoms with van der Waals surface area (Å²) in [7, 11) is 0. The second-order valence-electron chi connectivity index (χ2n) is 8.73. The monoisotopic (exact) mass is 405 g/mol. The summed E-state index contributed by atoms with van der Waals surface area (Å²) in [6, 6.07) is 6.56. The van der Waals surface area contributed by atoms with Gasteiger partial charge in [0.1, 0.15) is 0 Å². The van der Waals surface area contributed by atoms with E-state index in [4.69, 9.17) is 5.73 Å². The minimum atomic E-state index is -4.30. The Hall–Kier alpha value is -1.63. The number of alkyl halides is 3. The quantitative estimate of drug-likeness (QED) is 0.719. The predicted molar refractivity (Wildman–Crippen MR) is 110 cm³/mol. The summed E-state index contributed by atoms with van der Waals surface area (Å²) >= 11 is 0. The Labute approximate surface area is 170 Å². The van der Waals surface area contributed by atoms with Crippen molar-refractivity contribution in [2.24, 2.45) is 17.6 Å². The number of halogens is 3. The largest absolute Gasteiger partial charge is 0.416 e. The number of hydrogen-bond acceptors (Lipinski definition) is 3. The molecule has 1 aromatic rings. The molecule has 158 valence electrons. The van der Waals surface area contributed by atoms with Crippen LogP contribution in [0.4, 0.5) is 13.2 Å². The van der Waals surface area contributed by atoms with Crippen LogP contribution in [-0.2, 0) is 6.18 Å². The van der Waals surface area contributed by atoms with Gasteiger partial charge in [0, 0.05) is 31.7 Å². The van der Waals surface area contributed by atoms with Gasteiger partial charge in [-0.15, -0.1) is 0 Å². The van der Waals surface area contributed by atoms with Crippen molar-refractivity contribution in [3.05, 3.63) is 53.6 Å². The molecule has 3 aliphatic rings. The number of allylic oxidation sites excluding steroid dienone is 4. The summed E-state index contributed by atoms with van der Waals surface area (Å²) in [5.74, 6) is 1.20. The number of benzene rings is 1. The maximum Gasteiger partial charge on any atom is 0.416 e. The maximum atomic E-state index is 12.9. The van der Waals surface area contributed by atoms with Crippen molar-refractivity contribution in [1.82, 2.24) is 10.2 Å². The van der Waals surface area contributed by atoms with E-state index in [1.54, 1.807) is 6.07 Å². The van der Waals surface area contributed by atoms with Gasteiger partial charge in [-0.3, -0.25) is 0 Å². The summed E-state index contributed by atoms with van der Waals surface area (Å²) in [4.78, 5) is 2.43. The maximum absolute atomic E-state index is 12.9. The third-order valence-electron chi connectivity index (χ3n) is 6.38. The lowest BCUT2D eigenvalue weighted by Gasteiger charge is -2.18. The average molecular weight is 406 g/mol. The molecule has 2 fully saturated rings. The van der Waals surface area contributed by atoms with E-state index < -0.39 is 11.7 Å². The van der Waals surface area contributed by atoms with E-state index in [1.165, 1.54) is 18.6 Å². The van der Waals surface area contributed by atoms with Crippen molar-refractivity contribution < 1.29 is 13.2 Å². The Balaban J connectivity index is 1.20. The minimum absolute atomic E-state index is 0.343. The molecular formula is C23H30F3N3. The van der Waals surface area contributed by atoms with E-state index in [-0.39, 0.29) is 0 Å². The van der Waals surface area contributed by atoms with Gasteiger partial charge in [-0.05, 0) is 67.3 Å². The fourth-order valence-electron chi connectivity index (χ4n) is 4.55. The van der Waals surface area contributed by atoms with E-state index in [0.717, 1.165) is 57.1 Å². The Bertz CT molecular complexity index is 771. The number of likely N-dealkylation sites (tertiary alicyclic amines) is 1. The number of nitrogens with one attached hydrogen (secondary N) is 1. The molecule has 2 aliphatic carbocycles. The van der Waals surface area contributed by atoms with Gasteiger partial charge in [0.05, 0.1) is 5.56 Å². The molecule has 3 nitrogen and oxygen atoms in total. The first-order valence-corrected chi connectivity index (χ1v) is 10.7. The van der Waals surface area contributed by atoms with Crippen molar-refractivity contribution >= 4 is 5.57 Å². The predicted octanol–water partition coefficient (Wildman–Crippen LogP) is 4.07. The van der Waals surface area contributed by atoms with E-state index in [0.29, 0.717) is 29.5 Å². The lowest BCUT2D eigenvalue weighted by molar-refractivity contribution is -0.137. The highest BCUT2D eigenvalue weighted by molar-refractivity contribution is 5.75. The van der Waals surface area contributed by atoms with Crippen molar-refractivity contribution in [2.75, 3.05) is 26.2 Å². The van der Waals surface area contributed by atoms with Gasteiger partial charge in [0.15, 0.2) is 0 Å². The second kappa shape index (κ2) is 8.62. The fraction of sp³-hybridized carbons (Fsp3) is 0.565. The lowest BCUT2D eigenvalue weighted by Crippen LogP contribution is -2.33. The van der Waals surface area contributed by atoms with Crippen LogP contribution in [0.3, 0.4) is 0 Å². The van der Waals surface area contributed by atoms with Crippen molar-refractivity contribution in [1.29, 1.82) is 0 Å². The first-order valence-electron chi connectivity index (χ1n) is 10.7. The van der Waals surface area contributed by atoms with Crippen LogP contribution in [0.1, 0.15) is 36.8 Å². The molecule has 1 aromatic carbocycles. The van der Waals surface area contributed by atoms with E-state index in [2.05, 4.69) is 22.4 Å². The van der Waals surface area contributed by atoms with E-state index in [9.17, 15) is 13.2 Å². The zero-order chi connectivity index (χ0) is 20.4. The van der Waals surface area contributed by atoms with Gasteiger partial charge in [0.2, 0.25) is 0 Å². The molecule has 4 rings (SSSR count). The molecule has 29 heavy (non-hydrogen) atoms. The van der Waals surface area contributed by atoms with Crippen LogP contribution in [0.2, 0.25) is 0 Å².